The van der Waals surface area contributed by atoms with Gasteiger partial charge in [-0.25, -0.2) is 0 Å². The van der Waals surface area contributed by atoms with Gasteiger partial charge in [0.2, 0.25) is 0 Å². The van der Waals surface area contributed by atoms with Crippen LogP contribution in [-0.4, -0.2) is 68.4 Å². The number of hydrogen-bond donors (Lipinski definition) is 1. The van der Waals surface area contributed by atoms with Gasteiger partial charge in [-0.15, -0.1) is 0 Å². The SMILES string of the molecule is O=S(=O)([C+]=S(=O)(O)C(F)(F)C(F)(F)C(F)(F)C(F)(F)F)C(F)(F)C(F)(F)C(F)(F)C(F)(F)F. The third kappa shape index (κ3) is 4.26. The lowest BCUT2D eigenvalue weighted by atomic mass is 10.1. The second kappa shape index (κ2) is 7.54. The van der Waals surface area contributed by atoms with Crippen molar-refractivity contribution >= 4 is 24.3 Å². The van der Waals surface area contributed by atoms with Gasteiger partial charge in [0.15, 0.2) is 0 Å². The maximum absolute atomic E-state index is 13.3. The first-order valence-electron chi connectivity index (χ1n) is 6.40. The van der Waals surface area contributed by atoms with Gasteiger partial charge in [0, 0.05) is 0 Å². The topological polar surface area (TPSA) is 71.4 Å². The standard InChI is InChI=1S/C9F18O4S2/c10-2(11,6(18,19)20)4(14,15)8(24,25)32(28,29)1-33(30,31)9(26,27)5(16,17)3(12,13)7(21,22)23/p+1. The van der Waals surface area contributed by atoms with Crippen LogP contribution in [0.4, 0.5) is 79.0 Å². The van der Waals surface area contributed by atoms with Gasteiger partial charge in [-0.3, -0.25) is 4.55 Å². The molecular weight excluding hydrogens is 578 g/mol. The molecule has 1 N–H and O–H groups in total. The van der Waals surface area contributed by atoms with Gasteiger partial charge < -0.3 is 0 Å². The smallest absolute Gasteiger partial charge is 0.271 e. The fraction of sp³-hybridized carbons (Fsp3) is 0.889. The molecule has 0 spiro atoms. The number of halogens is 18. The third-order valence-corrected chi connectivity index (χ3v) is 6.80. The summed E-state index contributed by atoms with van der Waals surface area (Å²) < 4.78 is 267. The van der Waals surface area contributed by atoms with Crippen LogP contribution in [0, 0.1) is 0 Å². The third-order valence-electron chi connectivity index (χ3n) is 3.14. The van der Waals surface area contributed by atoms with E-state index in [4.69, 9.17) is 4.55 Å². The van der Waals surface area contributed by atoms with Crippen LogP contribution < -0.4 is 0 Å². The van der Waals surface area contributed by atoms with E-state index in [1.807, 2.05) is 0 Å². The molecule has 0 rings (SSSR count). The normalized spacial score (nSPS) is 18.0. The largest absolute Gasteiger partial charge is 0.470 e. The lowest BCUT2D eigenvalue weighted by Crippen LogP contribution is -2.65. The Morgan fingerprint density at radius 2 is 0.697 bits per heavy atom. The van der Waals surface area contributed by atoms with Crippen LogP contribution in [0.15, 0.2) is 0 Å². The van der Waals surface area contributed by atoms with E-state index in [1.54, 1.807) is 0 Å². The predicted octanol–water partition coefficient (Wildman–Crippen LogP) is 4.65. The van der Waals surface area contributed by atoms with Gasteiger partial charge >= 0.3 is 70.9 Å². The fourth-order valence-electron chi connectivity index (χ4n) is 1.32. The summed E-state index contributed by atoms with van der Waals surface area (Å²) in [7, 11) is -17.1. The summed E-state index contributed by atoms with van der Waals surface area (Å²) in [6.07, 6.45) is -15.5. The first kappa shape index (κ1) is 31.6. The number of hydrogen-bond acceptors (Lipinski definition) is 3. The molecule has 0 radical (unpaired) electrons. The Hall–Kier alpha value is -1.42. The molecule has 0 aromatic carbocycles. The molecule has 0 amide bonds. The van der Waals surface area contributed by atoms with Crippen LogP contribution in [0.3, 0.4) is 0 Å². The average Bonchev–Trinajstić information content (AvgIpc) is 2.50. The van der Waals surface area contributed by atoms with E-state index in [0.29, 0.717) is 0 Å². The molecule has 1 atom stereocenters. The molecule has 0 aliphatic carbocycles. The Bertz CT molecular complexity index is 977. The highest BCUT2D eigenvalue weighted by atomic mass is 32.3. The van der Waals surface area contributed by atoms with Crippen molar-refractivity contribution in [2.45, 2.75) is 46.6 Å². The Kier molecular flexibility index (Phi) is 7.21. The highest BCUT2D eigenvalue weighted by molar-refractivity contribution is 8.20. The predicted molar refractivity (Wildman–Crippen MR) is 66.5 cm³/mol. The molecule has 0 saturated carbocycles. The Labute approximate surface area is 168 Å². The van der Waals surface area contributed by atoms with E-state index in [2.05, 4.69) is 0 Å². The first-order valence-corrected chi connectivity index (χ1v) is 9.40. The van der Waals surface area contributed by atoms with Gasteiger partial charge in [-0.2, -0.15) is 91.7 Å². The first-order chi connectivity index (χ1) is 13.7. The molecule has 0 aliphatic rings. The van der Waals surface area contributed by atoms with Crippen molar-refractivity contribution in [1.29, 1.82) is 0 Å². The highest BCUT2D eigenvalue weighted by Crippen LogP contribution is 2.56. The second-order valence-electron chi connectivity index (χ2n) is 5.44. The molecule has 198 valence electrons. The summed E-state index contributed by atoms with van der Waals surface area (Å²) in [4.78, 5) is 0. The molecule has 0 heterocycles. The number of sulfone groups is 1. The van der Waals surface area contributed by atoms with Crippen molar-refractivity contribution in [1.82, 2.24) is 0 Å². The van der Waals surface area contributed by atoms with Crippen LogP contribution in [-0.2, 0) is 19.6 Å². The summed E-state index contributed by atoms with van der Waals surface area (Å²) in [5, 5.41) is -16.2. The van der Waals surface area contributed by atoms with Crippen molar-refractivity contribution in [2.24, 2.45) is 0 Å². The van der Waals surface area contributed by atoms with Gasteiger partial charge in [0.1, 0.15) is 0 Å². The number of rotatable bonds is 7. The van der Waals surface area contributed by atoms with E-state index >= 15 is 0 Å². The number of alkyl halides is 18. The zero-order valence-corrected chi connectivity index (χ0v) is 15.4. The summed E-state index contributed by atoms with van der Waals surface area (Å²) in [5.41, 5.74) is 0. The summed E-state index contributed by atoms with van der Waals surface area (Å²) in [5.74, 6) is -32.7. The molecule has 0 fully saturated rings. The molecule has 0 aromatic heterocycles. The summed E-state index contributed by atoms with van der Waals surface area (Å²) >= 11 is 0. The molecule has 4 nitrogen and oxygen atoms in total. The molecule has 0 saturated heterocycles. The Morgan fingerprint density at radius 3 is 0.939 bits per heavy atom. The fourth-order valence-corrected chi connectivity index (χ4v) is 4.29. The van der Waals surface area contributed by atoms with Crippen LogP contribution in [0.1, 0.15) is 0 Å². The van der Waals surface area contributed by atoms with Gasteiger partial charge in [-0.1, -0.05) is 0 Å². The van der Waals surface area contributed by atoms with Gasteiger partial charge in [0.05, 0.1) is 0 Å². The molecule has 33 heavy (non-hydrogen) atoms. The second-order valence-corrected chi connectivity index (χ2v) is 9.19. The molecule has 0 bridgehead atoms. The van der Waals surface area contributed by atoms with Crippen LogP contribution in [0.5, 0.6) is 0 Å². The minimum absolute atomic E-state index is 1.53. The van der Waals surface area contributed by atoms with E-state index in [1.165, 1.54) is 0 Å². The molecule has 0 aliphatic heterocycles. The highest BCUT2D eigenvalue weighted by Gasteiger charge is 2.90. The molecule has 24 heteroatoms. The summed E-state index contributed by atoms with van der Waals surface area (Å²) in [6, 6.07) is 0. The zero-order valence-electron chi connectivity index (χ0n) is 13.8. The van der Waals surface area contributed by atoms with E-state index in [0.717, 1.165) is 0 Å². The maximum atomic E-state index is 13.3. The van der Waals surface area contributed by atoms with Crippen LogP contribution in [0.2, 0.25) is 0 Å². The maximum Gasteiger partial charge on any atom is 0.470 e. The quantitative estimate of drug-likeness (QED) is 0.271. The van der Waals surface area contributed by atoms with Crippen molar-refractivity contribution in [3.05, 3.63) is 0 Å². The van der Waals surface area contributed by atoms with E-state index in [9.17, 15) is 91.7 Å². The van der Waals surface area contributed by atoms with Gasteiger partial charge in [0.25, 0.3) is 0 Å². The van der Waals surface area contributed by atoms with Crippen LogP contribution >= 0.6 is 0 Å². The molecular formula is C9HF18O4S2+. The lowest BCUT2D eigenvalue weighted by molar-refractivity contribution is -0.382. The Morgan fingerprint density at radius 1 is 0.455 bits per heavy atom. The van der Waals surface area contributed by atoms with E-state index < -0.39 is 70.9 Å². The average molecular weight is 579 g/mol. The minimum atomic E-state index is -8.62. The van der Waals surface area contributed by atoms with Gasteiger partial charge in [-0.05, 0) is 0 Å². The molecule has 0 aromatic rings. The van der Waals surface area contributed by atoms with E-state index in [-0.39, 0.29) is 0 Å². The molecule has 1 unspecified atom stereocenters. The minimum Gasteiger partial charge on any atom is -0.271 e. The lowest BCUT2D eigenvalue weighted by Gasteiger charge is -2.31. The Balaban J connectivity index is 7.09. The monoisotopic (exact) mass is 579 g/mol. The van der Waals surface area contributed by atoms with Crippen LogP contribution in [0.25, 0.3) is 0 Å². The zero-order chi connectivity index (χ0) is 27.7. The van der Waals surface area contributed by atoms with Crippen molar-refractivity contribution in [2.75, 3.05) is 0 Å². The van der Waals surface area contributed by atoms with Crippen molar-refractivity contribution in [3.63, 3.8) is 0 Å². The van der Waals surface area contributed by atoms with Crippen molar-refractivity contribution in [3.8, 4) is 0 Å². The summed E-state index contributed by atoms with van der Waals surface area (Å²) in [6.45, 7) is 0. The van der Waals surface area contributed by atoms with Crippen molar-refractivity contribution < 1.29 is 96.2 Å².